The van der Waals surface area contributed by atoms with Gasteiger partial charge < -0.3 is 18.8 Å². The summed E-state index contributed by atoms with van der Waals surface area (Å²) in [5, 5.41) is 0. The van der Waals surface area contributed by atoms with Crippen LogP contribution in [0.2, 0.25) is 0 Å². The summed E-state index contributed by atoms with van der Waals surface area (Å²) in [6, 6.07) is 13.9. The lowest BCUT2D eigenvalue weighted by Crippen LogP contribution is -2.25. The fraction of sp³-hybridized carbons (Fsp3) is 0.300. The third kappa shape index (κ3) is 5.69. The van der Waals surface area contributed by atoms with Gasteiger partial charge in [0, 0.05) is 0 Å². The molecule has 2 rings (SSSR count). The van der Waals surface area contributed by atoms with E-state index in [1.165, 1.54) is 14.2 Å². The fourth-order valence-electron chi connectivity index (χ4n) is 2.56. The second-order valence-corrected chi connectivity index (χ2v) is 5.41. The van der Waals surface area contributed by atoms with Gasteiger partial charge in [-0.15, -0.1) is 0 Å². The molecule has 0 saturated heterocycles. The molecule has 0 aromatic heterocycles. The summed E-state index contributed by atoms with van der Waals surface area (Å²) in [6.45, 7) is 2.16. The van der Waals surface area contributed by atoms with E-state index in [1.54, 1.807) is 42.5 Å². The van der Waals surface area contributed by atoms with E-state index in [2.05, 4.69) is 0 Å². The molecule has 2 aromatic rings. The molecule has 0 aliphatic rings. The number of carbonyl (C=O) groups excluding carboxylic acids is 2. The van der Waals surface area contributed by atoms with Crippen molar-refractivity contribution >= 4 is 20.9 Å². The van der Waals surface area contributed by atoms with Crippen LogP contribution < -0.4 is 9.47 Å². The molecule has 0 amide bonds. The van der Waals surface area contributed by atoms with Crippen LogP contribution in [0, 0.1) is 0 Å². The van der Waals surface area contributed by atoms with E-state index in [0.717, 1.165) is 0 Å². The van der Waals surface area contributed by atoms with E-state index in [0.29, 0.717) is 32.6 Å². The first-order valence-corrected chi connectivity index (χ1v) is 8.97. The molecule has 2 unspecified atom stereocenters. The Kier molecular flexibility index (Phi) is 9.91. The Labute approximate surface area is 161 Å². The quantitative estimate of drug-likeness (QED) is 0.296. The van der Waals surface area contributed by atoms with Crippen molar-refractivity contribution in [1.82, 2.24) is 0 Å². The van der Waals surface area contributed by atoms with Crippen LogP contribution in [0.15, 0.2) is 48.5 Å². The SMILES string of the molecule is CCCOC(=O)C(C(=O)c1c(OC)cccc1OC)c1ccccc1.O=[PH3]. The maximum Gasteiger partial charge on any atom is 0.321 e. The maximum absolute atomic E-state index is 13.2. The number of hydrogen-bond donors (Lipinski definition) is 0. The van der Waals surface area contributed by atoms with Crippen molar-refractivity contribution in [2.75, 3.05) is 20.8 Å². The van der Waals surface area contributed by atoms with E-state index in [1.807, 2.05) is 13.0 Å². The van der Waals surface area contributed by atoms with Gasteiger partial charge in [0.1, 0.15) is 23.0 Å². The molecular weight excluding hydrogens is 367 g/mol. The van der Waals surface area contributed by atoms with Gasteiger partial charge in [0.05, 0.1) is 29.9 Å². The lowest BCUT2D eigenvalue weighted by Gasteiger charge is -2.18. The maximum atomic E-state index is 13.2. The monoisotopic (exact) mass is 392 g/mol. The molecule has 146 valence electrons. The highest BCUT2D eigenvalue weighted by molar-refractivity contribution is 7.00. The highest BCUT2D eigenvalue weighted by Gasteiger charge is 2.34. The Hall–Kier alpha value is -2.59. The number of methoxy groups -OCH3 is 2. The number of carbonyl (C=O) groups is 2. The summed E-state index contributed by atoms with van der Waals surface area (Å²) < 4.78 is 24.1. The van der Waals surface area contributed by atoms with E-state index in [9.17, 15) is 9.59 Å². The molecule has 0 N–H and O–H groups in total. The number of hydrogen-bond acceptors (Lipinski definition) is 6. The van der Waals surface area contributed by atoms with Crippen LogP contribution in [-0.4, -0.2) is 32.6 Å². The van der Waals surface area contributed by atoms with Crippen LogP contribution in [0.5, 0.6) is 11.5 Å². The first-order valence-electron chi connectivity index (χ1n) is 8.39. The third-order valence-electron chi connectivity index (χ3n) is 3.75. The van der Waals surface area contributed by atoms with Gasteiger partial charge in [-0.25, -0.2) is 0 Å². The van der Waals surface area contributed by atoms with Gasteiger partial charge in [0.15, 0.2) is 5.78 Å². The van der Waals surface area contributed by atoms with Crippen LogP contribution in [0.25, 0.3) is 0 Å². The van der Waals surface area contributed by atoms with Crippen LogP contribution in [-0.2, 0) is 14.1 Å². The van der Waals surface area contributed by atoms with Crippen molar-refractivity contribution in [1.29, 1.82) is 0 Å². The average Bonchev–Trinajstić information content (AvgIpc) is 2.73. The number of esters is 1. The Balaban J connectivity index is 0.00000176. The van der Waals surface area contributed by atoms with Crippen LogP contribution >= 0.6 is 9.12 Å². The Morgan fingerprint density at radius 2 is 1.48 bits per heavy atom. The Bertz CT molecular complexity index is 725. The normalized spacial score (nSPS) is 10.9. The topological polar surface area (TPSA) is 78.9 Å². The summed E-state index contributed by atoms with van der Waals surface area (Å²) in [4.78, 5) is 25.8. The molecule has 0 aliphatic heterocycles. The van der Waals surface area contributed by atoms with Gasteiger partial charge in [0.2, 0.25) is 0 Å². The second-order valence-electron chi connectivity index (χ2n) is 5.41. The predicted molar refractivity (Wildman–Crippen MR) is 106 cm³/mol. The molecule has 6 nitrogen and oxygen atoms in total. The Morgan fingerprint density at radius 3 is 1.96 bits per heavy atom. The lowest BCUT2D eigenvalue weighted by atomic mass is 9.89. The highest BCUT2D eigenvalue weighted by atomic mass is 31.0. The number of benzene rings is 2. The van der Waals surface area contributed by atoms with Crippen molar-refractivity contribution in [2.45, 2.75) is 19.3 Å². The largest absolute Gasteiger partial charge is 0.496 e. The zero-order chi connectivity index (χ0) is 20.2. The van der Waals surface area contributed by atoms with Crippen molar-refractivity contribution in [3.05, 3.63) is 59.7 Å². The summed E-state index contributed by atoms with van der Waals surface area (Å²) >= 11 is 0. The molecule has 0 heterocycles. The third-order valence-corrected chi connectivity index (χ3v) is 3.75. The number of rotatable bonds is 8. The molecule has 27 heavy (non-hydrogen) atoms. The summed E-state index contributed by atoms with van der Waals surface area (Å²) in [5.41, 5.74) is 0.802. The van der Waals surface area contributed by atoms with Crippen LogP contribution in [0.4, 0.5) is 0 Å². The number of ether oxygens (including phenoxy) is 3. The minimum absolute atomic E-state index is 0.231. The molecule has 0 radical (unpaired) electrons. The molecule has 2 aromatic carbocycles. The molecule has 2 atom stereocenters. The van der Waals surface area contributed by atoms with E-state index in [-0.39, 0.29) is 12.2 Å². The van der Waals surface area contributed by atoms with E-state index < -0.39 is 17.7 Å². The molecular formula is C20H25O6P. The predicted octanol–water partition coefficient (Wildman–Crippen LogP) is 3.56. The number of ketones is 1. The lowest BCUT2D eigenvalue weighted by molar-refractivity contribution is -0.144. The molecule has 7 heteroatoms. The minimum atomic E-state index is -1.07. The van der Waals surface area contributed by atoms with Crippen molar-refractivity contribution in [2.24, 2.45) is 0 Å². The van der Waals surface area contributed by atoms with Crippen LogP contribution in [0.3, 0.4) is 0 Å². The summed E-state index contributed by atoms with van der Waals surface area (Å²) in [5.74, 6) is -1.35. The van der Waals surface area contributed by atoms with Gasteiger partial charge in [-0.05, 0) is 24.1 Å². The van der Waals surface area contributed by atoms with Gasteiger partial charge in [0.25, 0.3) is 0 Å². The van der Waals surface area contributed by atoms with E-state index in [4.69, 9.17) is 18.8 Å². The van der Waals surface area contributed by atoms with Gasteiger partial charge in [-0.3, -0.25) is 9.59 Å². The molecule has 0 fully saturated rings. The van der Waals surface area contributed by atoms with Crippen molar-refractivity contribution < 1.29 is 28.4 Å². The van der Waals surface area contributed by atoms with Crippen molar-refractivity contribution in [3.63, 3.8) is 0 Å². The minimum Gasteiger partial charge on any atom is -0.496 e. The molecule has 0 bridgehead atoms. The summed E-state index contributed by atoms with van der Waals surface area (Å²) in [7, 11) is 3.55. The fourth-order valence-corrected chi connectivity index (χ4v) is 2.56. The molecule has 0 aliphatic carbocycles. The van der Waals surface area contributed by atoms with Gasteiger partial charge >= 0.3 is 5.97 Å². The first kappa shape index (κ1) is 22.5. The molecule has 0 saturated carbocycles. The standard InChI is InChI=1S/C20H22O5.H3OP/c1-4-13-25-20(22)17(14-9-6-5-7-10-14)19(21)18-15(23-2)11-8-12-16(18)24-3;1-2/h5-12,17H,4,13H2,1-3H3;2H3. The Morgan fingerprint density at radius 1 is 0.926 bits per heavy atom. The average molecular weight is 392 g/mol. The zero-order valence-electron chi connectivity index (χ0n) is 15.8. The highest BCUT2D eigenvalue weighted by Crippen LogP contribution is 2.34. The summed E-state index contributed by atoms with van der Waals surface area (Å²) in [6.07, 6.45) is 0.680. The zero-order valence-corrected chi connectivity index (χ0v) is 17.2. The second kappa shape index (κ2) is 11.9. The van der Waals surface area contributed by atoms with Crippen LogP contribution in [0.1, 0.15) is 35.2 Å². The molecule has 0 spiro atoms. The smallest absolute Gasteiger partial charge is 0.321 e. The van der Waals surface area contributed by atoms with Gasteiger partial charge in [-0.1, -0.05) is 43.3 Å². The number of Topliss-reactive ketones (excluding diaryl/α,β-unsaturated/α-hetero) is 1. The first-order chi connectivity index (χ1) is 13.1. The van der Waals surface area contributed by atoms with Crippen molar-refractivity contribution in [3.8, 4) is 11.5 Å². The van der Waals surface area contributed by atoms with E-state index >= 15 is 0 Å². The van der Waals surface area contributed by atoms with Gasteiger partial charge in [-0.2, -0.15) is 0 Å².